The molecule has 0 saturated carbocycles. The summed E-state index contributed by atoms with van der Waals surface area (Å²) in [4.78, 5) is 6.30. The number of para-hydroxylation sites is 1. The van der Waals surface area contributed by atoms with Crippen LogP contribution >= 0.6 is 0 Å². The number of hydrogen-bond donors (Lipinski definition) is 2. The lowest BCUT2D eigenvalue weighted by Crippen LogP contribution is -2.42. The zero-order chi connectivity index (χ0) is 15.1. The zero-order valence-electron chi connectivity index (χ0n) is 13.2. The molecule has 1 fully saturated rings. The van der Waals surface area contributed by atoms with Crippen LogP contribution in [-0.2, 0) is 6.42 Å². The SMILES string of the molecule is C/C=C1\CN2CCc3c([nH]c4ccccc34)C2CC1CCO. The highest BCUT2D eigenvalue weighted by Gasteiger charge is 2.36. The monoisotopic (exact) mass is 296 g/mol. The second kappa shape index (κ2) is 5.56. The van der Waals surface area contributed by atoms with Gasteiger partial charge in [-0.15, -0.1) is 0 Å². The summed E-state index contributed by atoms with van der Waals surface area (Å²) in [5.41, 5.74) is 5.71. The molecule has 1 aromatic carbocycles. The average molecular weight is 296 g/mol. The zero-order valence-corrected chi connectivity index (χ0v) is 13.2. The molecule has 3 heterocycles. The number of allylic oxidation sites excluding steroid dienone is 1. The molecule has 116 valence electrons. The molecule has 3 heteroatoms. The maximum Gasteiger partial charge on any atom is 0.0510 e. The number of hydrogen-bond acceptors (Lipinski definition) is 2. The average Bonchev–Trinajstić information content (AvgIpc) is 2.93. The van der Waals surface area contributed by atoms with Gasteiger partial charge < -0.3 is 10.1 Å². The predicted molar refractivity (Wildman–Crippen MR) is 89.9 cm³/mol. The summed E-state index contributed by atoms with van der Waals surface area (Å²) >= 11 is 0. The molecule has 0 amide bonds. The van der Waals surface area contributed by atoms with E-state index in [-0.39, 0.29) is 6.61 Å². The van der Waals surface area contributed by atoms with E-state index in [1.54, 1.807) is 0 Å². The van der Waals surface area contributed by atoms with Gasteiger partial charge in [-0.2, -0.15) is 0 Å². The van der Waals surface area contributed by atoms with Crippen molar-refractivity contribution in [3.8, 4) is 0 Å². The van der Waals surface area contributed by atoms with E-state index in [9.17, 15) is 5.11 Å². The van der Waals surface area contributed by atoms with Crippen LogP contribution in [0.15, 0.2) is 35.9 Å². The molecule has 2 aliphatic rings. The van der Waals surface area contributed by atoms with Crippen molar-refractivity contribution in [1.82, 2.24) is 9.88 Å². The lowest BCUT2D eigenvalue weighted by atomic mass is 9.80. The number of benzene rings is 1. The van der Waals surface area contributed by atoms with E-state index >= 15 is 0 Å². The van der Waals surface area contributed by atoms with E-state index in [0.29, 0.717) is 12.0 Å². The minimum absolute atomic E-state index is 0.286. The molecular formula is C19H24N2O. The van der Waals surface area contributed by atoms with E-state index in [1.807, 2.05) is 0 Å². The Morgan fingerprint density at radius 3 is 3.05 bits per heavy atom. The molecule has 0 bridgehead atoms. The van der Waals surface area contributed by atoms with Crippen LogP contribution in [0.5, 0.6) is 0 Å². The minimum Gasteiger partial charge on any atom is -0.396 e. The van der Waals surface area contributed by atoms with Crippen molar-refractivity contribution in [2.75, 3.05) is 19.7 Å². The van der Waals surface area contributed by atoms with Crippen LogP contribution in [0.3, 0.4) is 0 Å². The molecule has 3 nitrogen and oxygen atoms in total. The third-order valence-corrected chi connectivity index (χ3v) is 5.54. The molecule has 0 spiro atoms. The Morgan fingerprint density at radius 2 is 2.23 bits per heavy atom. The summed E-state index contributed by atoms with van der Waals surface area (Å²) in [6.07, 6.45) is 5.41. The maximum absolute atomic E-state index is 9.39. The van der Waals surface area contributed by atoms with Crippen LogP contribution < -0.4 is 0 Å². The summed E-state index contributed by atoms with van der Waals surface area (Å²) < 4.78 is 0. The normalized spacial score (nSPS) is 27.1. The van der Waals surface area contributed by atoms with Crippen molar-refractivity contribution in [3.05, 3.63) is 47.2 Å². The molecule has 0 aliphatic carbocycles. The molecule has 22 heavy (non-hydrogen) atoms. The Kier molecular flexibility index (Phi) is 3.55. The fourth-order valence-corrected chi connectivity index (χ4v) is 4.40. The van der Waals surface area contributed by atoms with Gasteiger partial charge in [0.05, 0.1) is 6.04 Å². The summed E-state index contributed by atoms with van der Waals surface area (Å²) in [6, 6.07) is 9.15. The van der Waals surface area contributed by atoms with Crippen LogP contribution in [-0.4, -0.2) is 34.7 Å². The van der Waals surface area contributed by atoms with E-state index in [1.165, 1.54) is 27.7 Å². The number of aromatic nitrogens is 1. The van der Waals surface area contributed by atoms with Gasteiger partial charge in [-0.05, 0) is 43.7 Å². The van der Waals surface area contributed by atoms with Crippen molar-refractivity contribution in [2.45, 2.75) is 32.2 Å². The molecule has 0 radical (unpaired) electrons. The number of piperidine rings is 1. The minimum atomic E-state index is 0.286. The topological polar surface area (TPSA) is 39.3 Å². The fraction of sp³-hybridized carbons (Fsp3) is 0.474. The van der Waals surface area contributed by atoms with Crippen LogP contribution in [0.1, 0.15) is 37.1 Å². The number of aliphatic hydroxyl groups excluding tert-OH is 1. The smallest absolute Gasteiger partial charge is 0.0510 e. The Labute approximate surface area is 131 Å². The summed E-state index contributed by atoms with van der Waals surface area (Å²) in [5.74, 6) is 0.522. The first-order chi connectivity index (χ1) is 10.8. The lowest BCUT2D eigenvalue weighted by Gasteiger charge is -2.43. The maximum atomic E-state index is 9.39. The molecule has 1 saturated heterocycles. The number of rotatable bonds is 2. The fourth-order valence-electron chi connectivity index (χ4n) is 4.40. The van der Waals surface area contributed by atoms with Crippen molar-refractivity contribution in [1.29, 1.82) is 0 Å². The van der Waals surface area contributed by atoms with Gasteiger partial charge in [-0.25, -0.2) is 0 Å². The number of H-pyrrole nitrogens is 1. The van der Waals surface area contributed by atoms with Gasteiger partial charge in [0, 0.05) is 36.3 Å². The van der Waals surface area contributed by atoms with Crippen LogP contribution in [0, 0.1) is 5.92 Å². The molecule has 2 aromatic rings. The van der Waals surface area contributed by atoms with Gasteiger partial charge in [0.15, 0.2) is 0 Å². The van der Waals surface area contributed by atoms with Gasteiger partial charge >= 0.3 is 0 Å². The van der Waals surface area contributed by atoms with Crippen LogP contribution in [0.25, 0.3) is 10.9 Å². The van der Waals surface area contributed by atoms with Crippen molar-refractivity contribution >= 4 is 10.9 Å². The molecular weight excluding hydrogens is 272 g/mol. The highest BCUT2D eigenvalue weighted by Crippen LogP contribution is 2.43. The number of aromatic amines is 1. The Balaban J connectivity index is 1.74. The number of nitrogens with one attached hydrogen (secondary N) is 1. The summed E-state index contributed by atoms with van der Waals surface area (Å²) in [7, 11) is 0. The molecule has 2 atom stereocenters. The Bertz CT molecular complexity index is 715. The van der Waals surface area contributed by atoms with Gasteiger partial charge in [-0.3, -0.25) is 4.90 Å². The molecule has 2 unspecified atom stereocenters. The van der Waals surface area contributed by atoms with Gasteiger partial charge in [0.25, 0.3) is 0 Å². The summed E-state index contributed by atoms with van der Waals surface area (Å²) in [5, 5.41) is 10.8. The second-order valence-corrected chi connectivity index (χ2v) is 6.61. The first kappa shape index (κ1) is 14.0. The van der Waals surface area contributed by atoms with Gasteiger partial charge in [0.2, 0.25) is 0 Å². The Morgan fingerprint density at radius 1 is 1.36 bits per heavy atom. The van der Waals surface area contributed by atoms with Crippen molar-refractivity contribution in [3.63, 3.8) is 0 Å². The molecule has 2 aliphatic heterocycles. The molecule has 2 N–H and O–H groups in total. The number of nitrogens with zero attached hydrogens (tertiary/aromatic N) is 1. The largest absolute Gasteiger partial charge is 0.396 e. The van der Waals surface area contributed by atoms with E-state index < -0.39 is 0 Å². The summed E-state index contributed by atoms with van der Waals surface area (Å²) in [6.45, 7) is 4.62. The third kappa shape index (κ3) is 2.11. The van der Waals surface area contributed by atoms with Crippen molar-refractivity contribution < 1.29 is 5.11 Å². The molecule has 1 aromatic heterocycles. The lowest BCUT2D eigenvalue weighted by molar-refractivity contribution is 0.126. The first-order valence-corrected chi connectivity index (χ1v) is 8.41. The highest BCUT2D eigenvalue weighted by molar-refractivity contribution is 5.85. The Hall–Kier alpha value is -1.58. The van der Waals surface area contributed by atoms with E-state index in [2.05, 4.69) is 47.1 Å². The number of aliphatic hydroxyl groups is 1. The van der Waals surface area contributed by atoms with Crippen LogP contribution in [0.2, 0.25) is 0 Å². The standard InChI is InChI=1S/C19H24N2O/c1-2-13-12-21-9-7-16-15-5-3-4-6-17(15)20-19(16)18(21)11-14(13)8-10-22/h2-6,14,18,20,22H,7-12H2,1H3/b13-2+. The van der Waals surface area contributed by atoms with Crippen molar-refractivity contribution in [2.24, 2.45) is 5.92 Å². The number of fused-ring (bicyclic) bond motifs is 5. The van der Waals surface area contributed by atoms with E-state index in [0.717, 1.165) is 32.4 Å². The quantitative estimate of drug-likeness (QED) is 0.834. The first-order valence-electron chi connectivity index (χ1n) is 8.41. The third-order valence-electron chi connectivity index (χ3n) is 5.54. The van der Waals surface area contributed by atoms with E-state index in [4.69, 9.17) is 0 Å². The van der Waals surface area contributed by atoms with Gasteiger partial charge in [-0.1, -0.05) is 29.8 Å². The predicted octanol–water partition coefficient (Wildman–Crippen LogP) is 3.42. The van der Waals surface area contributed by atoms with Gasteiger partial charge in [0.1, 0.15) is 0 Å². The second-order valence-electron chi connectivity index (χ2n) is 6.61. The van der Waals surface area contributed by atoms with Crippen LogP contribution in [0.4, 0.5) is 0 Å². The molecule has 4 rings (SSSR count). The highest BCUT2D eigenvalue weighted by atomic mass is 16.3.